The normalized spacial score (nSPS) is 11.4. The maximum Gasteiger partial charge on any atom is 0.220 e. The third kappa shape index (κ3) is 3.05. The summed E-state index contributed by atoms with van der Waals surface area (Å²) < 4.78 is 10.6. The first kappa shape index (κ1) is 20.3. The minimum absolute atomic E-state index is 0.0382. The van der Waals surface area contributed by atoms with Crippen molar-refractivity contribution < 1.29 is 9.84 Å². The monoisotopic (exact) mass is 468 g/mol. The highest BCUT2D eigenvalue weighted by atomic mass is 16.5. The fourth-order valence-electron chi connectivity index (χ4n) is 4.76. The molecule has 0 saturated carbocycles. The zero-order chi connectivity index (χ0) is 24.1. The van der Waals surface area contributed by atoms with E-state index in [-0.39, 0.29) is 5.75 Å². The SMILES string of the molecule is Oc1c(Oc2cccc3c2nc2n(-c4ccccc4)c4ccccc4n32)cccc1-c1ccccn1. The zero-order valence-corrected chi connectivity index (χ0v) is 19.1. The molecule has 36 heavy (non-hydrogen) atoms. The second-order valence-corrected chi connectivity index (χ2v) is 8.50. The van der Waals surface area contributed by atoms with Gasteiger partial charge in [0.15, 0.2) is 17.2 Å². The van der Waals surface area contributed by atoms with Crippen molar-refractivity contribution in [3.8, 4) is 34.2 Å². The van der Waals surface area contributed by atoms with Gasteiger partial charge in [0.1, 0.15) is 5.52 Å². The summed E-state index contributed by atoms with van der Waals surface area (Å²) in [5.74, 6) is 1.74. The molecule has 0 fully saturated rings. The summed E-state index contributed by atoms with van der Waals surface area (Å²) >= 11 is 0. The number of aromatic hydroxyl groups is 1. The first-order chi connectivity index (χ1) is 17.8. The number of phenolic OH excluding ortho intramolecular Hbond substituents is 1. The number of benzene rings is 4. The van der Waals surface area contributed by atoms with Crippen molar-refractivity contribution in [2.24, 2.45) is 0 Å². The maximum absolute atomic E-state index is 11.0. The lowest BCUT2D eigenvalue weighted by Gasteiger charge is -2.11. The van der Waals surface area contributed by atoms with Gasteiger partial charge < -0.3 is 9.84 Å². The molecular weight excluding hydrogens is 448 g/mol. The number of ether oxygens (including phenoxy) is 1. The van der Waals surface area contributed by atoms with E-state index in [9.17, 15) is 5.11 Å². The van der Waals surface area contributed by atoms with Gasteiger partial charge in [-0.25, -0.2) is 4.98 Å². The van der Waals surface area contributed by atoms with Crippen LogP contribution in [0.15, 0.2) is 115 Å². The number of imidazole rings is 2. The summed E-state index contributed by atoms with van der Waals surface area (Å²) in [6, 6.07) is 35.3. The highest BCUT2D eigenvalue weighted by Gasteiger charge is 2.20. The molecule has 3 aromatic heterocycles. The Hall–Kier alpha value is -5.10. The van der Waals surface area contributed by atoms with Gasteiger partial charge in [-0.1, -0.05) is 48.5 Å². The fraction of sp³-hybridized carbons (Fsp3) is 0. The van der Waals surface area contributed by atoms with Crippen LogP contribution in [-0.4, -0.2) is 24.0 Å². The molecule has 6 heteroatoms. The summed E-state index contributed by atoms with van der Waals surface area (Å²) in [5, 5.41) is 11.0. The van der Waals surface area contributed by atoms with E-state index in [0.29, 0.717) is 28.3 Å². The number of fused-ring (bicyclic) bond motifs is 5. The second kappa shape index (κ2) is 7.99. The van der Waals surface area contributed by atoms with E-state index >= 15 is 0 Å². The molecule has 0 spiro atoms. The van der Waals surface area contributed by atoms with E-state index in [1.807, 2.05) is 78.9 Å². The van der Waals surface area contributed by atoms with Crippen molar-refractivity contribution in [3.05, 3.63) is 115 Å². The van der Waals surface area contributed by atoms with Crippen LogP contribution >= 0.6 is 0 Å². The van der Waals surface area contributed by atoms with Crippen molar-refractivity contribution in [3.63, 3.8) is 0 Å². The fourth-order valence-corrected chi connectivity index (χ4v) is 4.76. The van der Waals surface area contributed by atoms with Gasteiger partial charge in [0.25, 0.3) is 0 Å². The van der Waals surface area contributed by atoms with E-state index in [0.717, 1.165) is 28.0 Å². The van der Waals surface area contributed by atoms with Gasteiger partial charge in [0.2, 0.25) is 5.78 Å². The molecule has 0 aliphatic rings. The van der Waals surface area contributed by atoms with Crippen molar-refractivity contribution in [2.75, 3.05) is 0 Å². The van der Waals surface area contributed by atoms with Gasteiger partial charge in [0, 0.05) is 17.4 Å². The maximum atomic E-state index is 11.0. The molecule has 7 rings (SSSR count). The highest BCUT2D eigenvalue weighted by Crippen LogP contribution is 2.40. The zero-order valence-electron chi connectivity index (χ0n) is 19.1. The molecule has 0 radical (unpaired) electrons. The molecule has 1 N–H and O–H groups in total. The molecule has 0 aliphatic heterocycles. The van der Waals surface area contributed by atoms with Crippen molar-refractivity contribution >= 4 is 27.8 Å². The summed E-state index contributed by atoms with van der Waals surface area (Å²) in [5.41, 5.74) is 6.07. The molecule has 0 bridgehead atoms. The third-order valence-electron chi connectivity index (χ3n) is 6.37. The summed E-state index contributed by atoms with van der Waals surface area (Å²) in [6.45, 7) is 0. The number of hydrogen-bond donors (Lipinski definition) is 1. The molecular formula is C30H20N4O2. The average Bonchev–Trinajstić information content (AvgIpc) is 3.46. The van der Waals surface area contributed by atoms with Crippen LogP contribution in [0.4, 0.5) is 0 Å². The topological polar surface area (TPSA) is 64.6 Å². The number of nitrogens with zero attached hydrogens (tertiary/aromatic N) is 4. The van der Waals surface area contributed by atoms with Crippen LogP contribution in [0.2, 0.25) is 0 Å². The van der Waals surface area contributed by atoms with Gasteiger partial charge in [-0.05, 0) is 60.7 Å². The van der Waals surface area contributed by atoms with Crippen LogP contribution in [0.3, 0.4) is 0 Å². The Morgan fingerprint density at radius 3 is 2.19 bits per heavy atom. The van der Waals surface area contributed by atoms with Crippen LogP contribution in [0.5, 0.6) is 17.2 Å². The van der Waals surface area contributed by atoms with Gasteiger partial charge in [-0.3, -0.25) is 14.0 Å². The summed E-state index contributed by atoms with van der Waals surface area (Å²) in [4.78, 5) is 9.41. The Bertz CT molecular complexity index is 1870. The van der Waals surface area contributed by atoms with Crippen LogP contribution in [-0.2, 0) is 0 Å². The standard InChI is InChI=1S/C30H20N4O2/c35-29-21(22-13-6-7-19-31-22)12-8-18-27(29)36-26-17-9-16-25-28(26)32-30-33(20-10-2-1-3-11-20)23-14-4-5-15-24(23)34(25)30/h1-19,35H. The first-order valence-corrected chi connectivity index (χ1v) is 11.7. The Morgan fingerprint density at radius 2 is 1.36 bits per heavy atom. The number of rotatable bonds is 4. The molecule has 0 atom stereocenters. The van der Waals surface area contributed by atoms with Crippen LogP contribution < -0.4 is 4.74 Å². The molecule has 3 heterocycles. The van der Waals surface area contributed by atoms with Crippen molar-refractivity contribution in [1.29, 1.82) is 0 Å². The number of para-hydroxylation sites is 5. The molecule has 0 unspecified atom stereocenters. The van der Waals surface area contributed by atoms with E-state index in [2.05, 4.69) is 38.2 Å². The largest absolute Gasteiger partial charge is 0.504 e. The van der Waals surface area contributed by atoms with Crippen molar-refractivity contribution in [2.45, 2.75) is 0 Å². The molecule has 172 valence electrons. The summed E-state index contributed by atoms with van der Waals surface area (Å²) in [6.07, 6.45) is 1.70. The van der Waals surface area contributed by atoms with Gasteiger partial charge in [0.05, 0.1) is 22.2 Å². The van der Waals surface area contributed by atoms with Gasteiger partial charge >= 0.3 is 0 Å². The smallest absolute Gasteiger partial charge is 0.220 e. The predicted octanol–water partition coefficient (Wildman–Crippen LogP) is 6.99. The van der Waals surface area contributed by atoms with Crippen LogP contribution in [0, 0.1) is 0 Å². The predicted molar refractivity (Wildman–Crippen MR) is 141 cm³/mol. The first-order valence-electron chi connectivity index (χ1n) is 11.7. The minimum atomic E-state index is 0.0382. The minimum Gasteiger partial charge on any atom is -0.504 e. The van der Waals surface area contributed by atoms with Crippen LogP contribution in [0.1, 0.15) is 0 Å². The van der Waals surface area contributed by atoms with E-state index in [4.69, 9.17) is 9.72 Å². The van der Waals surface area contributed by atoms with E-state index < -0.39 is 0 Å². The number of hydrogen-bond acceptors (Lipinski definition) is 4. The molecule has 6 nitrogen and oxygen atoms in total. The highest BCUT2D eigenvalue weighted by molar-refractivity contribution is 5.94. The molecule has 0 amide bonds. The Morgan fingerprint density at radius 1 is 0.639 bits per heavy atom. The number of pyridine rings is 1. The van der Waals surface area contributed by atoms with Gasteiger partial charge in [-0.15, -0.1) is 0 Å². The Labute approximate surface area is 206 Å². The Balaban J connectivity index is 1.43. The van der Waals surface area contributed by atoms with Crippen LogP contribution in [0.25, 0.3) is 44.8 Å². The second-order valence-electron chi connectivity index (χ2n) is 8.50. The van der Waals surface area contributed by atoms with E-state index in [1.54, 1.807) is 12.3 Å². The quantitative estimate of drug-likeness (QED) is 0.302. The number of phenols is 1. The molecule has 0 aliphatic carbocycles. The third-order valence-corrected chi connectivity index (χ3v) is 6.37. The molecule has 4 aromatic carbocycles. The van der Waals surface area contributed by atoms with E-state index in [1.165, 1.54) is 0 Å². The average molecular weight is 469 g/mol. The lowest BCUT2D eigenvalue weighted by atomic mass is 10.1. The molecule has 0 saturated heterocycles. The lowest BCUT2D eigenvalue weighted by Crippen LogP contribution is -1.94. The van der Waals surface area contributed by atoms with Crippen molar-refractivity contribution in [1.82, 2.24) is 18.9 Å². The Kier molecular flexibility index (Phi) is 4.50. The lowest BCUT2D eigenvalue weighted by molar-refractivity contribution is 0.414. The summed E-state index contributed by atoms with van der Waals surface area (Å²) in [7, 11) is 0. The van der Waals surface area contributed by atoms with Gasteiger partial charge in [-0.2, -0.15) is 0 Å². The number of aromatic nitrogens is 4. The molecule has 7 aromatic rings.